The predicted molar refractivity (Wildman–Crippen MR) is 126 cm³/mol. The number of anilines is 1. The van der Waals surface area contributed by atoms with Crippen LogP contribution in [0.1, 0.15) is 19.4 Å². The molecule has 0 atom stereocenters. The van der Waals surface area contributed by atoms with E-state index < -0.39 is 0 Å². The fourth-order valence-corrected chi connectivity index (χ4v) is 3.64. The van der Waals surface area contributed by atoms with E-state index in [4.69, 9.17) is 14.2 Å². The third kappa shape index (κ3) is 5.23. The monoisotopic (exact) mass is 449 g/mol. The van der Waals surface area contributed by atoms with Crippen LogP contribution < -0.4 is 14.5 Å². The van der Waals surface area contributed by atoms with Gasteiger partial charge in [-0.2, -0.15) is 10.1 Å². The van der Waals surface area contributed by atoms with Crippen LogP contribution in [-0.2, 0) is 14.3 Å². The molecule has 172 valence electrons. The molecule has 1 saturated heterocycles. The first-order valence-electron chi connectivity index (χ1n) is 11.0. The number of morpholine rings is 1. The lowest BCUT2D eigenvalue weighted by atomic mass is 10.1. The van der Waals surface area contributed by atoms with Crippen molar-refractivity contribution in [1.29, 1.82) is 0 Å². The van der Waals surface area contributed by atoms with Crippen LogP contribution in [0.3, 0.4) is 0 Å². The van der Waals surface area contributed by atoms with Gasteiger partial charge in [0.05, 0.1) is 36.8 Å². The lowest BCUT2D eigenvalue weighted by Gasteiger charge is -2.26. The molecule has 0 spiro atoms. The third-order valence-electron chi connectivity index (χ3n) is 5.36. The molecule has 2 heterocycles. The van der Waals surface area contributed by atoms with Crippen molar-refractivity contribution in [2.75, 3.05) is 44.5 Å². The molecule has 8 nitrogen and oxygen atoms in total. The summed E-state index contributed by atoms with van der Waals surface area (Å²) >= 11 is 0. The molecule has 8 heteroatoms. The smallest absolute Gasteiger partial charge is 0.280 e. The number of benzene rings is 2. The van der Waals surface area contributed by atoms with Crippen LogP contribution in [0, 0.1) is 0 Å². The van der Waals surface area contributed by atoms with Crippen molar-refractivity contribution in [2.24, 2.45) is 5.10 Å². The molecule has 0 N–H and O–H groups in total. The van der Waals surface area contributed by atoms with Crippen molar-refractivity contribution in [2.45, 2.75) is 13.8 Å². The van der Waals surface area contributed by atoms with Crippen LogP contribution >= 0.6 is 0 Å². The van der Waals surface area contributed by atoms with Crippen LogP contribution in [0.4, 0.5) is 5.69 Å². The molecule has 33 heavy (non-hydrogen) atoms. The van der Waals surface area contributed by atoms with E-state index in [1.54, 1.807) is 23.1 Å². The SMILES string of the molecule is CCOc1cc(/C=C2/C(=O)N(c3ccccc3)N=C2C)ccc1OCC(=O)N1CCOCC1. The molecule has 2 amide bonds. The summed E-state index contributed by atoms with van der Waals surface area (Å²) in [6, 6.07) is 14.7. The highest BCUT2D eigenvalue weighted by molar-refractivity contribution is 6.32. The second-order valence-corrected chi connectivity index (χ2v) is 7.62. The zero-order valence-electron chi connectivity index (χ0n) is 18.8. The Morgan fingerprint density at radius 1 is 1.09 bits per heavy atom. The van der Waals surface area contributed by atoms with Crippen molar-refractivity contribution in [3.8, 4) is 11.5 Å². The Kier molecular flexibility index (Phi) is 7.04. The fraction of sp³-hybridized carbons (Fsp3) is 0.320. The van der Waals surface area contributed by atoms with E-state index in [2.05, 4.69) is 5.10 Å². The molecule has 4 rings (SSSR count). The Hall–Kier alpha value is -3.65. The summed E-state index contributed by atoms with van der Waals surface area (Å²) in [6.07, 6.45) is 1.79. The Morgan fingerprint density at radius 2 is 1.85 bits per heavy atom. The summed E-state index contributed by atoms with van der Waals surface area (Å²) in [5.41, 5.74) is 2.64. The van der Waals surface area contributed by atoms with Crippen molar-refractivity contribution in [3.63, 3.8) is 0 Å². The minimum atomic E-state index is -0.187. The van der Waals surface area contributed by atoms with Gasteiger partial charge in [-0.05, 0) is 49.8 Å². The predicted octanol–water partition coefficient (Wildman–Crippen LogP) is 3.13. The molecule has 0 aromatic heterocycles. The quantitative estimate of drug-likeness (QED) is 0.607. The number of rotatable bonds is 7. The van der Waals surface area contributed by atoms with E-state index in [9.17, 15) is 9.59 Å². The van der Waals surface area contributed by atoms with Gasteiger partial charge in [-0.25, -0.2) is 0 Å². The summed E-state index contributed by atoms with van der Waals surface area (Å²) in [6.45, 7) is 6.29. The van der Waals surface area contributed by atoms with Gasteiger partial charge in [0.15, 0.2) is 18.1 Å². The van der Waals surface area contributed by atoms with E-state index >= 15 is 0 Å². The summed E-state index contributed by atoms with van der Waals surface area (Å²) in [4.78, 5) is 27.1. The summed E-state index contributed by atoms with van der Waals surface area (Å²) < 4.78 is 16.8. The molecule has 0 aliphatic carbocycles. The largest absolute Gasteiger partial charge is 0.490 e. The minimum absolute atomic E-state index is 0.0726. The van der Waals surface area contributed by atoms with Crippen LogP contribution in [-0.4, -0.2) is 61.9 Å². The number of hydrogen-bond donors (Lipinski definition) is 0. The van der Waals surface area contributed by atoms with Gasteiger partial charge in [0.25, 0.3) is 11.8 Å². The number of hydrazone groups is 1. The Morgan fingerprint density at radius 3 is 2.58 bits per heavy atom. The number of carbonyl (C=O) groups is 2. The van der Waals surface area contributed by atoms with E-state index in [1.807, 2.05) is 50.2 Å². The topological polar surface area (TPSA) is 80.7 Å². The number of para-hydroxylation sites is 1. The molecule has 2 aromatic carbocycles. The van der Waals surface area contributed by atoms with E-state index in [0.29, 0.717) is 61.4 Å². The number of amides is 2. The lowest BCUT2D eigenvalue weighted by molar-refractivity contribution is -0.137. The molecular weight excluding hydrogens is 422 g/mol. The maximum absolute atomic E-state index is 13.0. The zero-order valence-corrected chi connectivity index (χ0v) is 18.8. The van der Waals surface area contributed by atoms with Crippen LogP contribution in [0.25, 0.3) is 6.08 Å². The highest BCUT2D eigenvalue weighted by Gasteiger charge is 2.28. The maximum atomic E-state index is 13.0. The standard InChI is InChI=1S/C25H27N3O5/c1-3-32-23-16-19(9-10-22(23)33-17-24(29)27-11-13-31-14-12-27)15-21-18(2)26-28(25(21)30)20-7-5-4-6-8-20/h4-10,15-16H,3,11-14,17H2,1-2H3/b21-15+. The minimum Gasteiger partial charge on any atom is -0.490 e. The summed E-state index contributed by atoms with van der Waals surface area (Å²) in [5, 5.41) is 5.81. The second-order valence-electron chi connectivity index (χ2n) is 7.62. The van der Waals surface area contributed by atoms with Crippen LogP contribution in [0.5, 0.6) is 11.5 Å². The van der Waals surface area contributed by atoms with Gasteiger partial charge in [0, 0.05) is 13.1 Å². The third-order valence-corrected chi connectivity index (χ3v) is 5.36. The van der Waals surface area contributed by atoms with Gasteiger partial charge < -0.3 is 19.1 Å². The average molecular weight is 450 g/mol. The first-order valence-corrected chi connectivity index (χ1v) is 11.0. The molecular formula is C25H27N3O5. The molecule has 0 bridgehead atoms. The van der Waals surface area contributed by atoms with E-state index in [-0.39, 0.29) is 18.4 Å². The van der Waals surface area contributed by atoms with Gasteiger partial charge in [-0.15, -0.1) is 0 Å². The van der Waals surface area contributed by atoms with Crippen molar-refractivity contribution in [1.82, 2.24) is 4.90 Å². The van der Waals surface area contributed by atoms with Gasteiger partial charge in [-0.3, -0.25) is 9.59 Å². The Balaban J connectivity index is 1.50. The second kappa shape index (κ2) is 10.3. The number of carbonyl (C=O) groups excluding carboxylic acids is 2. The number of ether oxygens (including phenoxy) is 3. The first-order chi connectivity index (χ1) is 16.1. The van der Waals surface area contributed by atoms with Crippen molar-refractivity contribution < 1.29 is 23.8 Å². The molecule has 0 saturated carbocycles. The van der Waals surface area contributed by atoms with Gasteiger partial charge in [-0.1, -0.05) is 24.3 Å². The van der Waals surface area contributed by atoms with Crippen LogP contribution in [0.2, 0.25) is 0 Å². The van der Waals surface area contributed by atoms with E-state index in [1.165, 1.54) is 5.01 Å². The highest BCUT2D eigenvalue weighted by Crippen LogP contribution is 2.31. The average Bonchev–Trinajstić information content (AvgIpc) is 3.13. The molecule has 2 aliphatic rings. The zero-order chi connectivity index (χ0) is 23.2. The van der Waals surface area contributed by atoms with Crippen molar-refractivity contribution >= 4 is 29.3 Å². The van der Waals surface area contributed by atoms with Crippen LogP contribution in [0.15, 0.2) is 59.2 Å². The Labute approximate surface area is 193 Å². The molecule has 0 radical (unpaired) electrons. The summed E-state index contributed by atoms with van der Waals surface area (Å²) in [5.74, 6) is 0.723. The highest BCUT2D eigenvalue weighted by atomic mass is 16.5. The molecule has 2 aromatic rings. The summed E-state index contributed by atoms with van der Waals surface area (Å²) in [7, 11) is 0. The number of nitrogens with zero attached hydrogens (tertiary/aromatic N) is 3. The molecule has 0 unspecified atom stereocenters. The van der Waals surface area contributed by atoms with Gasteiger partial charge in [0.2, 0.25) is 0 Å². The maximum Gasteiger partial charge on any atom is 0.280 e. The van der Waals surface area contributed by atoms with E-state index in [0.717, 1.165) is 5.56 Å². The fourth-order valence-electron chi connectivity index (χ4n) is 3.64. The Bertz CT molecular complexity index is 1070. The lowest BCUT2D eigenvalue weighted by Crippen LogP contribution is -2.43. The number of hydrogen-bond acceptors (Lipinski definition) is 6. The van der Waals surface area contributed by atoms with Gasteiger partial charge in [0.1, 0.15) is 0 Å². The van der Waals surface area contributed by atoms with Crippen molar-refractivity contribution in [3.05, 3.63) is 59.7 Å². The first kappa shape index (κ1) is 22.5. The van der Waals surface area contributed by atoms with Gasteiger partial charge >= 0.3 is 0 Å². The molecule has 2 aliphatic heterocycles. The molecule has 1 fully saturated rings. The normalized spacial score (nSPS) is 17.3.